The molecule has 0 spiro atoms. The molecular formula is C21H23FN2O3. The maximum atomic E-state index is 12.9. The highest BCUT2D eigenvalue weighted by Crippen LogP contribution is 2.17. The molecule has 1 fully saturated rings. The lowest BCUT2D eigenvalue weighted by Gasteiger charge is -2.31. The van der Waals surface area contributed by atoms with Gasteiger partial charge >= 0.3 is 0 Å². The number of likely N-dealkylation sites (tertiary alicyclic amines) is 1. The minimum absolute atomic E-state index is 0.0230. The van der Waals surface area contributed by atoms with Crippen LogP contribution in [0.2, 0.25) is 0 Å². The lowest BCUT2D eigenvalue weighted by Crippen LogP contribution is -2.41. The summed E-state index contributed by atoms with van der Waals surface area (Å²) in [4.78, 5) is 26.0. The van der Waals surface area contributed by atoms with Crippen molar-refractivity contribution >= 4 is 17.9 Å². The molecule has 1 aliphatic rings. The summed E-state index contributed by atoms with van der Waals surface area (Å²) < 4.78 is 18.1. The van der Waals surface area contributed by atoms with Gasteiger partial charge in [0.25, 0.3) is 0 Å². The number of hydrogen-bond donors (Lipinski definition) is 1. The van der Waals surface area contributed by atoms with Gasteiger partial charge in [-0.15, -0.1) is 0 Å². The molecule has 0 unspecified atom stereocenters. The molecule has 0 aliphatic carbocycles. The van der Waals surface area contributed by atoms with Gasteiger partial charge in [-0.3, -0.25) is 9.59 Å². The molecule has 2 amide bonds. The van der Waals surface area contributed by atoms with Crippen molar-refractivity contribution in [3.8, 4) is 0 Å². The normalized spacial score (nSPS) is 15.2. The van der Waals surface area contributed by atoms with Gasteiger partial charge in [0.1, 0.15) is 11.6 Å². The molecule has 3 rings (SSSR count). The van der Waals surface area contributed by atoms with E-state index < -0.39 is 0 Å². The average molecular weight is 370 g/mol. The van der Waals surface area contributed by atoms with Gasteiger partial charge in [0.2, 0.25) is 11.8 Å². The van der Waals surface area contributed by atoms with Crippen LogP contribution in [0, 0.1) is 11.7 Å². The Kier molecular flexibility index (Phi) is 6.41. The highest BCUT2D eigenvalue weighted by molar-refractivity contribution is 5.91. The van der Waals surface area contributed by atoms with E-state index in [1.165, 1.54) is 18.2 Å². The summed E-state index contributed by atoms with van der Waals surface area (Å²) in [5.41, 5.74) is 0.790. The van der Waals surface area contributed by atoms with E-state index in [1.54, 1.807) is 36.6 Å². The first kappa shape index (κ1) is 18.9. The Balaban J connectivity index is 1.37. The van der Waals surface area contributed by atoms with Crippen LogP contribution in [0.15, 0.2) is 53.2 Å². The van der Waals surface area contributed by atoms with Crippen LogP contribution in [0.4, 0.5) is 4.39 Å². The van der Waals surface area contributed by atoms with Crippen LogP contribution < -0.4 is 5.32 Å². The van der Waals surface area contributed by atoms with E-state index in [1.807, 2.05) is 4.90 Å². The van der Waals surface area contributed by atoms with E-state index in [0.29, 0.717) is 31.3 Å². The van der Waals surface area contributed by atoms with Gasteiger partial charge < -0.3 is 14.6 Å². The minimum atomic E-state index is -0.306. The van der Waals surface area contributed by atoms with Crippen molar-refractivity contribution in [2.75, 3.05) is 19.6 Å². The van der Waals surface area contributed by atoms with Crippen LogP contribution in [0.25, 0.3) is 6.08 Å². The Bertz CT molecular complexity index is 776. The third-order valence-corrected chi connectivity index (χ3v) is 4.73. The van der Waals surface area contributed by atoms with E-state index in [2.05, 4.69) is 5.32 Å². The molecule has 0 saturated carbocycles. The van der Waals surface area contributed by atoms with E-state index in [9.17, 15) is 14.0 Å². The Morgan fingerprint density at radius 2 is 1.93 bits per heavy atom. The summed E-state index contributed by atoms with van der Waals surface area (Å²) in [5, 5.41) is 2.94. The van der Waals surface area contributed by atoms with Gasteiger partial charge in [-0.1, -0.05) is 12.1 Å². The van der Waals surface area contributed by atoms with Gasteiger partial charge in [-0.05, 0) is 54.7 Å². The van der Waals surface area contributed by atoms with Crippen molar-refractivity contribution in [1.82, 2.24) is 10.2 Å². The number of hydrogen-bond acceptors (Lipinski definition) is 3. The number of furan rings is 1. The Hall–Kier alpha value is -2.89. The van der Waals surface area contributed by atoms with Gasteiger partial charge in [0.05, 0.1) is 12.7 Å². The molecular weight excluding hydrogens is 347 g/mol. The molecule has 1 saturated heterocycles. The highest BCUT2D eigenvalue weighted by Gasteiger charge is 2.22. The number of rotatable bonds is 6. The fourth-order valence-electron chi connectivity index (χ4n) is 3.11. The van der Waals surface area contributed by atoms with Crippen LogP contribution in [0.1, 0.15) is 24.2 Å². The van der Waals surface area contributed by atoms with Crippen LogP contribution in [-0.2, 0) is 16.0 Å². The zero-order valence-electron chi connectivity index (χ0n) is 15.1. The first-order chi connectivity index (χ1) is 13.1. The molecule has 27 heavy (non-hydrogen) atoms. The second-order valence-electron chi connectivity index (χ2n) is 6.72. The SMILES string of the molecule is O=C(Cc1ccc(F)cc1)NCC1CCN(C(=O)/C=C/c2ccco2)CC1. The zero-order valence-corrected chi connectivity index (χ0v) is 15.1. The number of nitrogens with one attached hydrogen (secondary N) is 1. The van der Waals surface area contributed by atoms with E-state index >= 15 is 0 Å². The molecule has 0 radical (unpaired) electrons. The lowest BCUT2D eigenvalue weighted by atomic mass is 9.96. The Morgan fingerprint density at radius 1 is 1.19 bits per heavy atom. The van der Waals surface area contributed by atoms with Crippen molar-refractivity contribution in [2.24, 2.45) is 5.92 Å². The van der Waals surface area contributed by atoms with Crippen LogP contribution in [-0.4, -0.2) is 36.3 Å². The number of nitrogens with zero attached hydrogens (tertiary/aromatic N) is 1. The number of carbonyl (C=O) groups excluding carboxylic acids is 2. The van der Waals surface area contributed by atoms with Crippen molar-refractivity contribution in [1.29, 1.82) is 0 Å². The molecule has 6 heteroatoms. The quantitative estimate of drug-likeness (QED) is 0.795. The Morgan fingerprint density at radius 3 is 2.59 bits per heavy atom. The van der Waals surface area contributed by atoms with Crippen LogP contribution in [0.3, 0.4) is 0 Å². The standard InChI is InChI=1S/C21H23FN2O3/c22-18-5-3-16(4-6-18)14-20(25)23-15-17-9-11-24(12-10-17)21(26)8-7-19-2-1-13-27-19/h1-8,13,17H,9-12,14-15H2,(H,23,25)/b8-7+. The number of carbonyl (C=O) groups is 2. The number of benzene rings is 1. The summed E-state index contributed by atoms with van der Waals surface area (Å²) in [6.07, 6.45) is 6.73. The third-order valence-electron chi connectivity index (χ3n) is 4.73. The maximum absolute atomic E-state index is 12.9. The second kappa shape index (κ2) is 9.16. The lowest BCUT2D eigenvalue weighted by molar-refractivity contribution is -0.127. The molecule has 0 atom stereocenters. The van der Waals surface area contributed by atoms with Crippen molar-refractivity contribution in [3.63, 3.8) is 0 Å². The average Bonchev–Trinajstić information content (AvgIpc) is 3.20. The number of amides is 2. The smallest absolute Gasteiger partial charge is 0.246 e. The minimum Gasteiger partial charge on any atom is -0.465 e. The van der Waals surface area contributed by atoms with E-state index in [4.69, 9.17) is 4.42 Å². The predicted molar refractivity (Wildman–Crippen MR) is 100 cm³/mol. The molecule has 1 N–H and O–H groups in total. The largest absolute Gasteiger partial charge is 0.465 e. The summed E-state index contributed by atoms with van der Waals surface area (Å²) in [6.45, 7) is 1.96. The summed E-state index contributed by atoms with van der Waals surface area (Å²) in [5.74, 6) is 0.619. The molecule has 2 heterocycles. The first-order valence-electron chi connectivity index (χ1n) is 9.12. The molecule has 2 aromatic rings. The molecule has 5 nitrogen and oxygen atoms in total. The fourth-order valence-corrected chi connectivity index (χ4v) is 3.11. The van der Waals surface area contributed by atoms with Crippen molar-refractivity contribution < 1.29 is 18.4 Å². The molecule has 1 aliphatic heterocycles. The first-order valence-corrected chi connectivity index (χ1v) is 9.12. The van der Waals surface area contributed by atoms with Crippen molar-refractivity contribution in [3.05, 3.63) is 65.9 Å². The van der Waals surface area contributed by atoms with Crippen LogP contribution in [0.5, 0.6) is 0 Å². The highest BCUT2D eigenvalue weighted by atomic mass is 19.1. The predicted octanol–water partition coefficient (Wildman–Crippen LogP) is 3.03. The molecule has 1 aromatic heterocycles. The summed E-state index contributed by atoms with van der Waals surface area (Å²) in [6, 6.07) is 9.53. The van der Waals surface area contributed by atoms with E-state index in [0.717, 1.165) is 18.4 Å². The van der Waals surface area contributed by atoms with Crippen molar-refractivity contribution in [2.45, 2.75) is 19.3 Å². The molecule has 142 valence electrons. The molecule has 0 bridgehead atoms. The van der Waals surface area contributed by atoms with Gasteiger partial charge in [-0.2, -0.15) is 0 Å². The summed E-state index contributed by atoms with van der Waals surface area (Å²) >= 11 is 0. The maximum Gasteiger partial charge on any atom is 0.246 e. The third kappa shape index (κ3) is 5.81. The van der Waals surface area contributed by atoms with Gasteiger partial charge in [0.15, 0.2) is 0 Å². The summed E-state index contributed by atoms with van der Waals surface area (Å²) in [7, 11) is 0. The van der Waals surface area contributed by atoms with Gasteiger partial charge in [0, 0.05) is 25.7 Å². The fraction of sp³-hybridized carbons (Fsp3) is 0.333. The molecule has 1 aromatic carbocycles. The monoisotopic (exact) mass is 370 g/mol. The Labute approximate surface area is 157 Å². The van der Waals surface area contributed by atoms with E-state index in [-0.39, 0.29) is 24.1 Å². The van der Waals surface area contributed by atoms with Crippen LogP contribution >= 0.6 is 0 Å². The topological polar surface area (TPSA) is 62.6 Å². The second-order valence-corrected chi connectivity index (χ2v) is 6.72. The zero-order chi connectivity index (χ0) is 19.1. The number of piperidine rings is 1. The number of halogens is 1. The van der Waals surface area contributed by atoms with Gasteiger partial charge in [-0.25, -0.2) is 4.39 Å².